The summed E-state index contributed by atoms with van der Waals surface area (Å²) in [6, 6.07) is 0.581. The van der Waals surface area contributed by atoms with E-state index in [0.29, 0.717) is 6.04 Å². The van der Waals surface area contributed by atoms with Crippen molar-refractivity contribution < 1.29 is 0 Å². The van der Waals surface area contributed by atoms with Crippen LogP contribution in [0.4, 0.5) is 0 Å². The molecule has 0 aliphatic rings. The predicted octanol–water partition coefficient (Wildman–Crippen LogP) is 2.56. The van der Waals surface area contributed by atoms with Crippen LogP contribution in [-0.2, 0) is 13.6 Å². The Bertz CT molecular complexity index is 328. The van der Waals surface area contributed by atoms with Crippen molar-refractivity contribution in [2.45, 2.75) is 45.7 Å². The lowest BCUT2D eigenvalue weighted by molar-refractivity contribution is 0.469. The topological polar surface area (TPSA) is 29.9 Å². The van der Waals surface area contributed by atoms with Crippen LogP contribution in [0.5, 0.6) is 0 Å². The molecule has 0 radical (unpaired) electrons. The first kappa shape index (κ1) is 13.0. The third kappa shape index (κ3) is 3.49. The van der Waals surface area contributed by atoms with Crippen LogP contribution in [-0.4, -0.2) is 15.8 Å². The highest BCUT2D eigenvalue weighted by molar-refractivity contribution is 5.15. The number of nitrogens with one attached hydrogen (secondary N) is 1. The molecule has 90 valence electrons. The second-order valence-corrected chi connectivity index (χ2v) is 4.23. The van der Waals surface area contributed by atoms with E-state index in [2.05, 4.69) is 30.8 Å². The Morgan fingerprint density at radius 3 is 2.88 bits per heavy atom. The zero-order valence-corrected chi connectivity index (χ0v) is 10.7. The van der Waals surface area contributed by atoms with Crippen molar-refractivity contribution in [3.63, 3.8) is 0 Å². The average Bonchev–Trinajstić information content (AvgIpc) is 2.61. The second kappa shape index (κ2) is 6.48. The molecular formula is C13H23N3. The molecule has 1 N–H and O–H groups in total. The highest BCUT2D eigenvalue weighted by atomic mass is 15.3. The van der Waals surface area contributed by atoms with E-state index in [1.54, 1.807) is 0 Å². The summed E-state index contributed by atoms with van der Waals surface area (Å²) in [5.74, 6) is 0. The van der Waals surface area contributed by atoms with Crippen molar-refractivity contribution in [2.24, 2.45) is 7.05 Å². The molecule has 1 aromatic heterocycles. The first-order valence-electron chi connectivity index (χ1n) is 6.00. The van der Waals surface area contributed by atoms with Gasteiger partial charge in [-0.05, 0) is 26.2 Å². The van der Waals surface area contributed by atoms with Crippen LogP contribution >= 0.6 is 0 Å². The highest BCUT2D eigenvalue weighted by Gasteiger charge is 2.07. The minimum absolute atomic E-state index is 0.581. The van der Waals surface area contributed by atoms with Gasteiger partial charge in [0.15, 0.2) is 0 Å². The summed E-state index contributed by atoms with van der Waals surface area (Å²) in [5, 5.41) is 7.82. The van der Waals surface area contributed by atoms with E-state index >= 15 is 0 Å². The van der Waals surface area contributed by atoms with Gasteiger partial charge in [0, 0.05) is 30.9 Å². The smallest absolute Gasteiger partial charge is 0.0537 e. The lowest BCUT2D eigenvalue weighted by Gasteiger charge is -2.15. The molecular weight excluding hydrogens is 198 g/mol. The summed E-state index contributed by atoms with van der Waals surface area (Å²) < 4.78 is 1.92. The summed E-state index contributed by atoms with van der Waals surface area (Å²) in [7, 11) is 1.98. The van der Waals surface area contributed by atoms with Crippen molar-refractivity contribution in [3.8, 4) is 0 Å². The van der Waals surface area contributed by atoms with Crippen LogP contribution in [0.2, 0.25) is 0 Å². The number of aryl methyl sites for hydroxylation is 1. The van der Waals surface area contributed by atoms with Crippen LogP contribution in [0.1, 0.15) is 37.4 Å². The molecule has 0 saturated carbocycles. The monoisotopic (exact) mass is 221 g/mol. The molecule has 0 amide bonds. The van der Waals surface area contributed by atoms with E-state index in [0.717, 1.165) is 19.4 Å². The number of hydrogen-bond acceptors (Lipinski definition) is 2. The Morgan fingerprint density at radius 1 is 1.62 bits per heavy atom. The van der Waals surface area contributed by atoms with Gasteiger partial charge in [-0.25, -0.2) is 0 Å². The van der Waals surface area contributed by atoms with Gasteiger partial charge in [-0.2, -0.15) is 5.10 Å². The maximum atomic E-state index is 4.24. The molecule has 0 aliphatic carbocycles. The standard InChI is InChI=1S/C13H23N3/c1-5-7-8-13(6-2)14-9-12-10-15-16(4)11(12)3/h5,10,13-14H,1,6-9H2,2-4H3. The molecule has 1 heterocycles. The summed E-state index contributed by atoms with van der Waals surface area (Å²) in [4.78, 5) is 0. The number of allylic oxidation sites excluding steroid dienone is 1. The molecule has 0 bridgehead atoms. The lowest BCUT2D eigenvalue weighted by Crippen LogP contribution is -2.27. The molecule has 0 fully saturated rings. The van der Waals surface area contributed by atoms with E-state index in [9.17, 15) is 0 Å². The normalized spacial score (nSPS) is 12.7. The molecule has 1 rings (SSSR count). The first-order valence-corrected chi connectivity index (χ1v) is 6.00. The maximum Gasteiger partial charge on any atom is 0.0537 e. The van der Waals surface area contributed by atoms with Gasteiger partial charge in [-0.3, -0.25) is 4.68 Å². The van der Waals surface area contributed by atoms with Crippen molar-refractivity contribution in [3.05, 3.63) is 30.1 Å². The zero-order valence-electron chi connectivity index (χ0n) is 10.7. The van der Waals surface area contributed by atoms with Gasteiger partial charge in [0.25, 0.3) is 0 Å². The summed E-state index contributed by atoms with van der Waals surface area (Å²) in [5.41, 5.74) is 2.53. The van der Waals surface area contributed by atoms with Crippen LogP contribution in [0, 0.1) is 6.92 Å². The van der Waals surface area contributed by atoms with E-state index in [-0.39, 0.29) is 0 Å². The Labute approximate surface area is 98.5 Å². The Balaban J connectivity index is 2.42. The molecule has 1 aromatic rings. The fraction of sp³-hybridized carbons (Fsp3) is 0.615. The number of aromatic nitrogens is 2. The van der Waals surface area contributed by atoms with Crippen LogP contribution < -0.4 is 5.32 Å². The maximum absolute atomic E-state index is 4.24. The quantitative estimate of drug-likeness (QED) is 0.717. The molecule has 0 aromatic carbocycles. The number of hydrogen-bond donors (Lipinski definition) is 1. The lowest BCUT2D eigenvalue weighted by atomic mass is 10.1. The van der Waals surface area contributed by atoms with Crippen molar-refractivity contribution in [1.82, 2.24) is 15.1 Å². The highest BCUT2D eigenvalue weighted by Crippen LogP contribution is 2.08. The Morgan fingerprint density at radius 2 is 2.38 bits per heavy atom. The molecule has 1 unspecified atom stereocenters. The Kier molecular flexibility index (Phi) is 5.26. The molecule has 3 heteroatoms. The second-order valence-electron chi connectivity index (χ2n) is 4.23. The Hall–Kier alpha value is -1.09. The van der Waals surface area contributed by atoms with Gasteiger partial charge < -0.3 is 5.32 Å². The summed E-state index contributed by atoms with van der Waals surface area (Å²) in [6.07, 6.45) is 7.34. The SMILES string of the molecule is C=CCCC(CC)NCc1cnn(C)c1C. The predicted molar refractivity (Wildman–Crippen MR) is 68.3 cm³/mol. The van der Waals surface area contributed by atoms with Crippen molar-refractivity contribution in [1.29, 1.82) is 0 Å². The third-order valence-corrected chi connectivity index (χ3v) is 3.13. The third-order valence-electron chi connectivity index (χ3n) is 3.13. The number of rotatable bonds is 7. The number of nitrogens with zero attached hydrogens (tertiary/aromatic N) is 2. The largest absolute Gasteiger partial charge is 0.310 e. The van der Waals surface area contributed by atoms with Gasteiger partial charge in [-0.15, -0.1) is 6.58 Å². The van der Waals surface area contributed by atoms with Gasteiger partial charge in [0.2, 0.25) is 0 Å². The van der Waals surface area contributed by atoms with Gasteiger partial charge in [0.1, 0.15) is 0 Å². The minimum atomic E-state index is 0.581. The fourth-order valence-corrected chi connectivity index (χ4v) is 1.74. The first-order chi connectivity index (χ1) is 7.69. The van der Waals surface area contributed by atoms with Gasteiger partial charge in [-0.1, -0.05) is 13.0 Å². The van der Waals surface area contributed by atoms with E-state index < -0.39 is 0 Å². The molecule has 1 atom stereocenters. The molecule has 0 aliphatic heterocycles. The van der Waals surface area contributed by atoms with Gasteiger partial charge in [0.05, 0.1) is 6.20 Å². The van der Waals surface area contributed by atoms with Crippen LogP contribution in [0.3, 0.4) is 0 Å². The molecule has 16 heavy (non-hydrogen) atoms. The van der Waals surface area contributed by atoms with Crippen molar-refractivity contribution >= 4 is 0 Å². The molecule has 0 saturated heterocycles. The van der Waals surface area contributed by atoms with Crippen molar-refractivity contribution in [2.75, 3.05) is 0 Å². The van der Waals surface area contributed by atoms with E-state index in [1.807, 2.05) is 24.0 Å². The molecule has 3 nitrogen and oxygen atoms in total. The fourth-order valence-electron chi connectivity index (χ4n) is 1.74. The molecule has 0 spiro atoms. The van der Waals surface area contributed by atoms with E-state index in [1.165, 1.54) is 17.7 Å². The van der Waals surface area contributed by atoms with Gasteiger partial charge >= 0.3 is 0 Å². The average molecular weight is 221 g/mol. The summed E-state index contributed by atoms with van der Waals surface area (Å²) >= 11 is 0. The summed E-state index contributed by atoms with van der Waals surface area (Å²) in [6.45, 7) is 9.00. The van der Waals surface area contributed by atoms with Crippen LogP contribution in [0.15, 0.2) is 18.9 Å². The van der Waals surface area contributed by atoms with Crippen LogP contribution in [0.25, 0.3) is 0 Å². The minimum Gasteiger partial charge on any atom is -0.310 e. The zero-order chi connectivity index (χ0) is 12.0. The van der Waals surface area contributed by atoms with E-state index in [4.69, 9.17) is 0 Å².